The first-order chi connectivity index (χ1) is 15.8. The van der Waals surface area contributed by atoms with Crippen LogP contribution >= 0.6 is 0 Å². The number of hydrogen-bond donors (Lipinski definition) is 2. The lowest BCUT2D eigenvalue weighted by Crippen LogP contribution is -2.43. The summed E-state index contributed by atoms with van der Waals surface area (Å²) in [6.07, 6.45) is 15.7. The monoisotopic (exact) mass is 423 g/mol. The molecule has 3 aliphatic heterocycles. The fourth-order valence-electron chi connectivity index (χ4n) is 5.14. The van der Waals surface area contributed by atoms with Crippen LogP contribution in [0.15, 0.2) is 83.5 Å². The third-order valence-corrected chi connectivity index (χ3v) is 6.90. The number of hydrogen-bond acceptors (Lipinski definition) is 5. The van der Waals surface area contributed by atoms with Crippen molar-refractivity contribution in [3.63, 3.8) is 0 Å². The molecule has 1 aromatic heterocycles. The maximum Gasteiger partial charge on any atom is 0.0921 e. The van der Waals surface area contributed by atoms with Crippen LogP contribution in [0.25, 0.3) is 16.6 Å². The largest absolute Gasteiger partial charge is 0.372 e. The maximum atomic E-state index is 4.58. The minimum absolute atomic E-state index is 0.795. The molecule has 0 radical (unpaired) electrons. The Kier molecular flexibility index (Phi) is 4.84. The first-order valence-electron chi connectivity index (χ1n) is 11.6. The van der Waals surface area contributed by atoms with Gasteiger partial charge in [0.05, 0.1) is 23.6 Å². The van der Waals surface area contributed by atoms with E-state index in [0.717, 1.165) is 51.2 Å². The van der Waals surface area contributed by atoms with E-state index in [2.05, 4.69) is 87.1 Å². The van der Waals surface area contributed by atoms with Crippen LogP contribution < -0.4 is 10.6 Å². The van der Waals surface area contributed by atoms with Gasteiger partial charge in [0.25, 0.3) is 0 Å². The van der Waals surface area contributed by atoms with E-state index in [1.807, 2.05) is 6.20 Å². The number of nitrogens with one attached hydrogen (secondary N) is 2. The summed E-state index contributed by atoms with van der Waals surface area (Å²) >= 11 is 0. The normalized spacial score (nSPS) is 20.7. The second kappa shape index (κ2) is 7.99. The zero-order valence-electron chi connectivity index (χ0n) is 18.6. The van der Waals surface area contributed by atoms with E-state index in [0.29, 0.717) is 0 Å². The van der Waals surface area contributed by atoms with E-state index >= 15 is 0 Å². The summed E-state index contributed by atoms with van der Waals surface area (Å²) in [5, 5.41) is 8.27. The molecule has 2 aromatic rings. The van der Waals surface area contributed by atoms with Gasteiger partial charge in [-0.25, -0.2) is 0 Å². The Morgan fingerprint density at radius 1 is 1.00 bits per heavy atom. The van der Waals surface area contributed by atoms with E-state index in [9.17, 15) is 0 Å². The highest BCUT2D eigenvalue weighted by molar-refractivity contribution is 5.93. The van der Waals surface area contributed by atoms with Crippen LogP contribution in [0.5, 0.6) is 0 Å². The number of aryl methyl sites for hydroxylation is 1. The van der Waals surface area contributed by atoms with Gasteiger partial charge in [0.2, 0.25) is 0 Å². The van der Waals surface area contributed by atoms with Crippen LogP contribution in [0.4, 0.5) is 0 Å². The van der Waals surface area contributed by atoms with Crippen molar-refractivity contribution in [1.82, 2.24) is 25.4 Å². The molecule has 0 bridgehead atoms. The van der Waals surface area contributed by atoms with Crippen LogP contribution in [0.2, 0.25) is 0 Å². The molecule has 4 aliphatic rings. The van der Waals surface area contributed by atoms with Gasteiger partial charge in [-0.05, 0) is 60.8 Å². The van der Waals surface area contributed by atoms with Crippen molar-refractivity contribution in [1.29, 1.82) is 0 Å². The highest BCUT2D eigenvalue weighted by Gasteiger charge is 2.25. The maximum absolute atomic E-state index is 4.58. The van der Waals surface area contributed by atoms with Crippen molar-refractivity contribution < 1.29 is 0 Å². The Balaban J connectivity index is 1.28. The van der Waals surface area contributed by atoms with E-state index in [1.54, 1.807) is 0 Å². The number of nitrogens with zero attached hydrogens (tertiary/aromatic N) is 3. The van der Waals surface area contributed by atoms with Crippen LogP contribution in [0.3, 0.4) is 0 Å². The van der Waals surface area contributed by atoms with E-state index in [-0.39, 0.29) is 0 Å². The van der Waals surface area contributed by atoms with Gasteiger partial charge in [-0.15, -0.1) is 0 Å². The van der Waals surface area contributed by atoms with Crippen molar-refractivity contribution in [2.75, 3.05) is 32.8 Å². The van der Waals surface area contributed by atoms with Gasteiger partial charge in [0, 0.05) is 55.2 Å². The molecule has 6 rings (SSSR count). The van der Waals surface area contributed by atoms with Gasteiger partial charge in [-0.2, -0.15) is 0 Å². The number of fused-ring (bicyclic) bond motifs is 2. The standard InChI is InChI=1S/C27H29N5/c1-19-2-8-23-24(10-11-29-25(23)16-19)27-26-9-5-21(17-32(26)18-30-27)20-3-6-22(7-4-20)31-14-12-28-13-15-31/h2-3,5-6,8-11,16-17,28,30H,4,7,12-15,18H2,1H3. The summed E-state index contributed by atoms with van der Waals surface area (Å²) in [6.45, 7) is 7.34. The predicted octanol–water partition coefficient (Wildman–Crippen LogP) is 4.04. The van der Waals surface area contributed by atoms with Crippen molar-refractivity contribution in [3.8, 4) is 0 Å². The van der Waals surface area contributed by atoms with Crippen LogP contribution in [-0.2, 0) is 0 Å². The number of allylic oxidation sites excluding steroid dienone is 7. The molecule has 0 atom stereocenters. The molecule has 0 unspecified atom stereocenters. The van der Waals surface area contributed by atoms with E-state index in [1.165, 1.54) is 44.8 Å². The number of rotatable bonds is 3. The third-order valence-electron chi connectivity index (χ3n) is 6.90. The number of piperazine rings is 1. The Hall–Kier alpha value is -3.31. The Morgan fingerprint density at radius 3 is 2.75 bits per heavy atom. The lowest BCUT2D eigenvalue weighted by Gasteiger charge is -2.33. The van der Waals surface area contributed by atoms with Crippen molar-refractivity contribution in [3.05, 3.63) is 94.6 Å². The van der Waals surface area contributed by atoms with Gasteiger partial charge < -0.3 is 20.4 Å². The average molecular weight is 424 g/mol. The zero-order chi connectivity index (χ0) is 21.5. The summed E-state index contributed by atoms with van der Waals surface area (Å²) in [6, 6.07) is 8.63. The van der Waals surface area contributed by atoms with E-state index < -0.39 is 0 Å². The molecular weight excluding hydrogens is 394 g/mol. The fraction of sp³-hybridized carbons (Fsp3) is 0.296. The molecule has 32 heavy (non-hydrogen) atoms. The lowest BCUT2D eigenvalue weighted by molar-refractivity contribution is 0.289. The van der Waals surface area contributed by atoms with Crippen LogP contribution in [-0.4, -0.2) is 47.6 Å². The number of aromatic nitrogens is 1. The quantitative estimate of drug-likeness (QED) is 0.780. The molecule has 0 spiro atoms. The van der Waals surface area contributed by atoms with Crippen molar-refractivity contribution in [2.45, 2.75) is 19.8 Å². The van der Waals surface area contributed by atoms with E-state index in [4.69, 9.17) is 0 Å². The summed E-state index contributed by atoms with van der Waals surface area (Å²) < 4.78 is 0. The lowest BCUT2D eigenvalue weighted by atomic mass is 9.93. The molecule has 0 saturated carbocycles. The first-order valence-corrected chi connectivity index (χ1v) is 11.6. The van der Waals surface area contributed by atoms with Gasteiger partial charge >= 0.3 is 0 Å². The molecule has 5 nitrogen and oxygen atoms in total. The SMILES string of the molecule is Cc1ccc2c(C3=C4C=CC(C5=CC=C(N6CCNCC6)CC5)=CN4CN3)ccnc2c1. The molecule has 1 saturated heterocycles. The average Bonchev–Trinajstić information content (AvgIpc) is 3.27. The van der Waals surface area contributed by atoms with Gasteiger partial charge in [0.15, 0.2) is 0 Å². The van der Waals surface area contributed by atoms with Gasteiger partial charge in [-0.3, -0.25) is 4.98 Å². The minimum atomic E-state index is 0.795. The first kappa shape index (κ1) is 19.4. The Labute approximate surface area is 189 Å². The second-order valence-electron chi connectivity index (χ2n) is 8.95. The molecular formula is C27H29N5. The smallest absolute Gasteiger partial charge is 0.0921 e. The topological polar surface area (TPSA) is 43.4 Å². The summed E-state index contributed by atoms with van der Waals surface area (Å²) in [5.41, 5.74) is 10.2. The summed E-state index contributed by atoms with van der Waals surface area (Å²) in [7, 11) is 0. The molecule has 162 valence electrons. The third kappa shape index (κ3) is 3.43. The Morgan fingerprint density at radius 2 is 1.91 bits per heavy atom. The molecule has 5 heteroatoms. The molecule has 4 heterocycles. The second-order valence-corrected chi connectivity index (χ2v) is 8.95. The van der Waals surface area contributed by atoms with Crippen molar-refractivity contribution in [2.24, 2.45) is 0 Å². The van der Waals surface area contributed by atoms with Crippen LogP contribution in [0.1, 0.15) is 24.0 Å². The molecule has 1 fully saturated rings. The Bertz CT molecular complexity index is 1220. The highest BCUT2D eigenvalue weighted by Crippen LogP contribution is 2.35. The summed E-state index contributed by atoms with van der Waals surface area (Å²) in [4.78, 5) is 9.45. The molecule has 0 amide bonds. The summed E-state index contributed by atoms with van der Waals surface area (Å²) in [5.74, 6) is 0. The predicted molar refractivity (Wildman–Crippen MR) is 130 cm³/mol. The molecule has 1 aromatic carbocycles. The highest BCUT2D eigenvalue weighted by atomic mass is 15.3. The van der Waals surface area contributed by atoms with Crippen molar-refractivity contribution >= 4 is 16.6 Å². The fourth-order valence-corrected chi connectivity index (χ4v) is 5.14. The molecule has 2 N–H and O–H groups in total. The van der Waals surface area contributed by atoms with Gasteiger partial charge in [0.1, 0.15) is 0 Å². The van der Waals surface area contributed by atoms with Gasteiger partial charge in [-0.1, -0.05) is 24.3 Å². The minimum Gasteiger partial charge on any atom is -0.372 e. The zero-order valence-corrected chi connectivity index (χ0v) is 18.6. The number of benzene rings is 1. The number of pyridine rings is 1. The molecule has 1 aliphatic carbocycles. The van der Waals surface area contributed by atoms with Crippen LogP contribution in [0, 0.1) is 6.92 Å².